The molecule has 0 saturated carbocycles. The van der Waals surface area contributed by atoms with E-state index in [2.05, 4.69) is 0 Å². The second kappa shape index (κ2) is 8.06. The Morgan fingerprint density at radius 2 is 0.842 bits per heavy atom. The first-order valence-corrected chi connectivity index (χ1v) is 14.6. The summed E-state index contributed by atoms with van der Waals surface area (Å²) in [6.45, 7) is 12.1. The maximum atomic E-state index is 12.3. The Labute approximate surface area is 122 Å². The van der Waals surface area contributed by atoms with Crippen LogP contribution >= 0.6 is 0 Å². The zero-order chi connectivity index (χ0) is 15.2. The molecule has 7 heteroatoms. The zero-order valence-corrected chi connectivity index (χ0v) is 16.6. The summed E-state index contributed by atoms with van der Waals surface area (Å²) in [7, 11) is -4.30. The summed E-state index contributed by atoms with van der Waals surface area (Å²) in [5, 5.41) is 0. The van der Waals surface area contributed by atoms with Crippen LogP contribution in [0.4, 0.5) is 0 Å². The predicted molar refractivity (Wildman–Crippen MR) is 77.9 cm³/mol. The molecular weight excluding hydrogens is 316 g/mol. The minimum atomic E-state index is -4.67. The van der Waals surface area contributed by atoms with Crippen molar-refractivity contribution in [2.24, 2.45) is 0 Å². The Balaban J connectivity index is 5.09. The van der Waals surface area contributed by atoms with Crippen LogP contribution in [-0.2, 0) is 28.2 Å². The van der Waals surface area contributed by atoms with E-state index in [0.29, 0.717) is 0 Å². The van der Waals surface area contributed by atoms with Crippen LogP contribution in [0.15, 0.2) is 0 Å². The van der Waals surface area contributed by atoms with E-state index < -0.39 is 30.2 Å². The molecule has 0 aliphatic rings. The summed E-state index contributed by atoms with van der Waals surface area (Å²) >= 11 is -4.67. The Morgan fingerprint density at radius 1 is 0.632 bits per heavy atom. The zero-order valence-electron chi connectivity index (χ0n) is 13.3. The van der Waals surface area contributed by atoms with Crippen molar-refractivity contribution in [1.29, 1.82) is 0 Å². The van der Waals surface area contributed by atoms with E-state index in [1.165, 1.54) is 0 Å². The predicted octanol–water partition coefficient (Wildman–Crippen LogP) is 4.70. The fraction of sp³-hybridized carbons (Fsp3) is 1.00. The topological polar surface area (TPSA) is 52.6 Å². The first kappa shape index (κ1) is 19.5. The van der Waals surface area contributed by atoms with Gasteiger partial charge < -0.3 is 0 Å². The van der Waals surface area contributed by atoms with Gasteiger partial charge >= 0.3 is 123 Å². The molecule has 0 rings (SSSR count). The normalized spacial score (nSPS) is 13.8. The summed E-state index contributed by atoms with van der Waals surface area (Å²) in [4.78, 5) is 0. The second-order valence-corrected chi connectivity index (χ2v) is 17.2. The van der Waals surface area contributed by atoms with Gasteiger partial charge in [-0.05, 0) is 0 Å². The summed E-state index contributed by atoms with van der Waals surface area (Å²) in [5.41, 5.74) is 0. The molecule has 0 aliphatic carbocycles. The van der Waals surface area contributed by atoms with Crippen LogP contribution in [0.5, 0.6) is 0 Å². The van der Waals surface area contributed by atoms with Crippen molar-refractivity contribution in [3.05, 3.63) is 0 Å². The van der Waals surface area contributed by atoms with Gasteiger partial charge in [0.15, 0.2) is 0 Å². The molecule has 4 nitrogen and oxygen atoms in total. The fourth-order valence-corrected chi connectivity index (χ4v) is 14.9. The van der Waals surface area contributed by atoms with Crippen molar-refractivity contribution in [1.82, 2.24) is 0 Å². The van der Waals surface area contributed by atoms with Gasteiger partial charge in [0.05, 0.1) is 0 Å². The number of rotatable bonds is 10. The van der Waals surface area contributed by atoms with Crippen molar-refractivity contribution in [3.8, 4) is 0 Å². The molecule has 0 aliphatic heterocycles. The third-order valence-electron chi connectivity index (χ3n) is 4.42. The Kier molecular flexibility index (Phi) is 8.26. The monoisotopic (exact) mass is 346 g/mol. The third kappa shape index (κ3) is 5.41. The molecular formula is C12H30CrO4Si2. The van der Waals surface area contributed by atoms with Crippen molar-refractivity contribution >= 4 is 16.6 Å². The van der Waals surface area contributed by atoms with Crippen LogP contribution in [-0.4, -0.2) is 16.6 Å². The molecule has 0 bridgehead atoms. The summed E-state index contributed by atoms with van der Waals surface area (Å²) in [6, 6.07) is 4.95. The van der Waals surface area contributed by atoms with Gasteiger partial charge in [-0.15, -0.1) is 0 Å². The summed E-state index contributed by atoms with van der Waals surface area (Å²) < 4.78 is 35.9. The van der Waals surface area contributed by atoms with E-state index in [9.17, 15) is 7.61 Å². The van der Waals surface area contributed by atoms with Crippen LogP contribution in [0, 0.1) is 0 Å². The Hall–Kier alpha value is 0.486. The van der Waals surface area contributed by atoms with E-state index in [1.54, 1.807) is 0 Å². The van der Waals surface area contributed by atoms with Gasteiger partial charge in [0.1, 0.15) is 0 Å². The molecule has 116 valence electrons. The van der Waals surface area contributed by atoms with Gasteiger partial charge in [0, 0.05) is 0 Å². The number of hydrogen-bond acceptors (Lipinski definition) is 4. The first-order valence-electron chi connectivity index (χ1n) is 7.44. The average molecular weight is 347 g/mol. The third-order valence-corrected chi connectivity index (χ3v) is 18.5. The van der Waals surface area contributed by atoms with E-state index >= 15 is 0 Å². The molecule has 0 unspecified atom stereocenters. The van der Waals surface area contributed by atoms with Crippen molar-refractivity contribution in [2.75, 3.05) is 0 Å². The molecule has 0 aromatic carbocycles. The van der Waals surface area contributed by atoms with Gasteiger partial charge in [0.25, 0.3) is 0 Å². The minimum absolute atomic E-state index is 0.825. The van der Waals surface area contributed by atoms with Crippen molar-refractivity contribution < 1.29 is 28.2 Å². The van der Waals surface area contributed by atoms with Crippen LogP contribution < -0.4 is 0 Å². The molecule has 19 heavy (non-hydrogen) atoms. The molecule has 0 radical (unpaired) electrons. The fourth-order valence-electron chi connectivity index (χ4n) is 2.30. The van der Waals surface area contributed by atoms with Crippen molar-refractivity contribution in [2.45, 2.75) is 77.8 Å². The van der Waals surface area contributed by atoms with Gasteiger partial charge in [-0.1, -0.05) is 0 Å². The summed E-state index contributed by atoms with van der Waals surface area (Å²) in [6.07, 6.45) is 0. The van der Waals surface area contributed by atoms with Crippen LogP contribution in [0.25, 0.3) is 0 Å². The summed E-state index contributed by atoms with van der Waals surface area (Å²) in [5.74, 6) is 0. The Morgan fingerprint density at radius 3 is 1.00 bits per heavy atom. The van der Waals surface area contributed by atoms with Crippen LogP contribution in [0.1, 0.15) is 41.5 Å². The van der Waals surface area contributed by atoms with Crippen molar-refractivity contribution in [3.63, 3.8) is 0 Å². The maximum absolute atomic E-state index is 12.3. The van der Waals surface area contributed by atoms with E-state index in [-0.39, 0.29) is 0 Å². The first-order chi connectivity index (χ1) is 8.78. The molecule has 0 heterocycles. The molecule has 0 amide bonds. The number of hydrogen-bond donors (Lipinski definition) is 0. The van der Waals surface area contributed by atoms with Gasteiger partial charge in [-0.25, -0.2) is 0 Å². The second-order valence-electron chi connectivity index (χ2n) is 5.06. The molecule has 0 spiro atoms. The van der Waals surface area contributed by atoms with Crippen LogP contribution in [0.2, 0.25) is 36.3 Å². The molecule has 0 fully saturated rings. The molecule has 0 aromatic rings. The van der Waals surface area contributed by atoms with E-state index in [4.69, 9.17) is 6.96 Å². The standard InChI is InChI=1S/2C6H15OSi.Cr.2O/c2*1-4-8(7,5-2)6-3;;;/h2*4-6H2,1-3H3;;;/q2*-1;+2;;. The van der Waals surface area contributed by atoms with Gasteiger partial charge in [-0.2, -0.15) is 0 Å². The molecule has 0 saturated heterocycles. The van der Waals surface area contributed by atoms with E-state index in [1.807, 2.05) is 41.5 Å². The molecule has 0 atom stereocenters. The van der Waals surface area contributed by atoms with Crippen LogP contribution in [0.3, 0.4) is 0 Å². The Bertz CT molecular complexity index is 304. The van der Waals surface area contributed by atoms with Gasteiger partial charge in [0.2, 0.25) is 0 Å². The molecule has 0 N–H and O–H groups in total. The van der Waals surface area contributed by atoms with E-state index in [0.717, 1.165) is 36.3 Å². The van der Waals surface area contributed by atoms with Gasteiger partial charge in [-0.3, -0.25) is 0 Å². The SMILES string of the molecule is CC[Si](CC)(CC)[O][Cr](=[O])(=[O])[O][Si](CC)(CC)CC. The quantitative estimate of drug-likeness (QED) is 0.538. The average Bonchev–Trinajstić information content (AvgIpc) is 2.42. The molecule has 0 aromatic heterocycles.